The maximum absolute atomic E-state index is 12.5. The summed E-state index contributed by atoms with van der Waals surface area (Å²) >= 11 is 0. The number of rotatable bonds is 5. The van der Waals surface area contributed by atoms with Crippen LogP contribution < -0.4 is 10.6 Å². The van der Waals surface area contributed by atoms with Gasteiger partial charge in [-0.3, -0.25) is 9.69 Å². The van der Waals surface area contributed by atoms with Gasteiger partial charge in [-0.1, -0.05) is 0 Å². The molecular weight excluding hydrogens is 258 g/mol. The first-order valence-electron chi connectivity index (χ1n) is 7.15. The Hall–Kier alpha value is -1.14. The van der Waals surface area contributed by atoms with Crippen LogP contribution in [-0.4, -0.2) is 61.6 Å². The van der Waals surface area contributed by atoms with Gasteiger partial charge in [0.05, 0.1) is 12.1 Å². The van der Waals surface area contributed by atoms with E-state index in [9.17, 15) is 9.59 Å². The van der Waals surface area contributed by atoms with Crippen molar-refractivity contribution in [1.29, 1.82) is 0 Å². The van der Waals surface area contributed by atoms with E-state index < -0.39 is 11.7 Å². The lowest BCUT2D eigenvalue weighted by Gasteiger charge is -2.29. The standard InChI is InChI=1S/C14H27N3O3/c1-14(2,3)20-13(19)17-8-6-7-11(17)12(18)10(16-5)9-15-4/h10-11,15-16H,6-9H2,1-5H3/t10?,11-/m0/s1. The zero-order chi connectivity index (χ0) is 15.3. The smallest absolute Gasteiger partial charge is 0.410 e. The first-order valence-corrected chi connectivity index (χ1v) is 7.15. The van der Waals surface area contributed by atoms with Gasteiger partial charge in [-0.2, -0.15) is 0 Å². The van der Waals surface area contributed by atoms with Gasteiger partial charge in [-0.25, -0.2) is 4.79 Å². The molecule has 0 aromatic carbocycles. The molecule has 0 spiro atoms. The number of amides is 1. The predicted molar refractivity (Wildman–Crippen MR) is 77.7 cm³/mol. The fourth-order valence-electron chi connectivity index (χ4n) is 2.38. The summed E-state index contributed by atoms with van der Waals surface area (Å²) in [7, 11) is 3.56. The summed E-state index contributed by atoms with van der Waals surface area (Å²) in [5.74, 6) is 0.0465. The molecule has 1 unspecified atom stereocenters. The lowest BCUT2D eigenvalue weighted by Crippen LogP contribution is -2.52. The van der Waals surface area contributed by atoms with E-state index in [1.54, 1.807) is 19.0 Å². The molecule has 116 valence electrons. The van der Waals surface area contributed by atoms with Crippen LogP contribution in [0.15, 0.2) is 0 Å². The SMILES string of the molecule is CNCC(NC)C(=O)[C@@H]1CCCN1C(=O)OC(C)(C)C. The van der Waals surface area contributed by atoms with E-state index in [-0.39, 0.29) is 17.9 Å². The molecule has 1 aliphatic rings. The Labute approximate surface area is 121 Å². The maximum Gasteiger partial charge on any atom is 0.410 e. The van der Waals surface area contributed by atoms with E-state index >= 15 is 0 Å². The third-order valence-electron chi connectivity index (χ3n) is 3.31. The normalized spacial score (nSPS) is 20.9. The van der Waals surface area contributed by atoms with E-state index in [1.807, 2.05) is 20.8 Å². The minimum absolute atomic E-state index is 0.0465. The molecule has 0 aliphatic carbocycles. The van der Waals surface area contributed by atoms with Crippen LogP contribution in [0.25, 0.3) is 0 Å². The number of hydrogen-bond donors (Lipinski definition) is 2. The minimum atomic E-state index is -0.541. The summed E-state index contributed by atoms with van der Waals surface area (Å²) in [5.41, 5.74) is -0.541. The van der Waals surface area contributed by atoms with Gasteiger partial charge in [-0.15, -0.1) is 0 Å². The second-order valence-corrected chi connectivity index (χ2v) is 6.13. The molecule has 6 nitrogen and oxygen atoms in total. The van der Waals surface area contributed by atoms with Gasteiger partial charge >= 0.3 is 6.09 Å². The molecule has 1 fully saturated rings. The highest BCUT2D eigenvalue weighted by atomic mass is 16.6. The van der Waals surface area contributed by atoms with Gasteiger partial charge in [0.15, 0.2) is 5.78 Å². The third-order valence-corrected chi connectivity index (χ3v) is 3.31. The zero-order valence-electron chi connectivity index (χ0n) is 13.2. The number of ether oxygens (including phenoxy) is 1. The lowest BCUT2D eigenvalue weighted by atomic mass is 10.0. The Kier molecular flexibility index (Phi) is 5.95. The number of carbonyl (C=O) groups is 2. The predicted octanol–water partition coefficient (Wildman–Crippen LogP) is 0.762. The van der Waals surface area contributed by atoms with Crippen molar-refractivity contribution in [2.75, 3.05) is 27.2 Å². The topological polar surface area (TPSA) is 70.7 Å². The molecule has 1 rings (SSSR count). The number of carbonyl (C=O) groups excluding carboxylic acids is 2. The van der Waals surface area contributed by atoms with E-state index in [0.29, 0.717) is 19.5 Å². The van der Waals surface area contributed by atoms with Gasteiger partial charge < -0.3 is 15.4 Å². The largest absolute Gasteiger partial charge is 0.444 e. The van der Waals surface area contributed by atoms with Crippen molar-refractivity contribution in [1.82, 2.24) is 15.5 Å². The highest BCUT2D eigenvalue weighted by Crippen LogP contribution is 2.22. The van der Waals surface area contributed by atoms with Crippen LogP contribution in [-0.2, 0) is 9.53 Å². The van der Waals surface area contributed by atoms with Crippen LogP contribution in [0.4, 0.5) is 4.79 Å². The molecule has 2 N–H and O–H groups in total. The highest BCUT2D eigenvalue weighted by molar-refractivity contribution is 5.92. The van der Waals surface area contributed by atoms with Crippen molar-refractivity contribution in [3.63, 3.8) is 0 Å². The number of nitrogens with zero attached hydrogens (tertiary/aromatic N) is 1. The molecular formula is C14H27N3O3. The number of ketones is 1. The summed E-state index contributed by atoms with van der Waals surface area (Å²) in [6, 6.07) is -0.663. The van der Waals surface area contributed by atoms with E-state index in [0.717, 1.165) is 6.42 Å². The molecule has 0 radical (unpaired) electrons. The Morgan fingerprint density at radius 3 is 2.50 bits per heavy atom. The van der Waals surface area contributed by atoms with Crippen molar-refractivity contribution >= 4 is 11.9 Å². The first kappa shape index (κ1) is 16.9. The van der Waals surface area contributed by atoms with Gasteiger partial charge in [0.2, 0.25) is 0 Å². The van der Waals surface area contributed by atoms with Crippen molar-refractivity contribution in [2.45, 2.75) is 51.3 Å². The number of Topliss-reactive ketones (excluding diaryl/α,β-unsaturated/α-hetero) is 1. The maximum atomic E-state index is 12.5. The Balaban J connectivity index is 2.73. The number of hydrogen-bond acceptors (Lipinski definition) is 5. The minimum Gasteiger partial charge on any atom is -0.444 e. The van der Waals surface area contributed by atoms with Crippen LogP contribution in [0.1, 0.15) is 33.6 Å². The van der Waals surface area contributed by atoms with Crippen molar-refractivity contribution < 1.29 is 14.3 Å². The van der Waals surface area contributed by atoms with Crippen molar-refractivity contribution in [2.24, 2.45) is 0 Å². The molecule has 20 heavy (non-hydrogen) atoms. The van der Waals surface area contributed by atoms with Crippen LogP contribution in [0.2, 0.25) is 0 Å². The van der Waals surface area contributed by atoms with E-state index in [2.05, 4.69) is 10.6 Å². The average molecular weight is 285 g/mol. The summed E-state index contributed by atoms with van der Waals surface area (Å²) in [6.45, 7) is 6.62. The summed E-state index contributed by atoms with van der Waals surface area (Å²) < 4.78 is 5.37. The fraction of sp³-hybridized carbons (Fsp3) is 0.857. The molecule has 1 aliphatic heterocycles. The first-order chi connectivity index (χ1) is 9.30. The Morgan fingerprint density at radius 1 is 1.35 bits per heavy atom. The fourth-order valence-corrected chi connectivity index (χ4v) is 2.38. The monoisotopic (exact) mass is 285 g/mol. The lowest BCUT2D eigenvalue weighted by molar-refractivity contribution is -0.125. The van der Waals surface area contributed by atoms with Crippen LogP contribution in [0, 0.1) is 0 Å². The molecule has 1 amide bonds. The molecule has 2 atom stereocenters. The summed E-state index contributed by atoms with van der Waals surface area (Å²) in [4.78, 5) is 26.2. The molecule has 0 aromatic rings. The summed E-state index contributed by atoms with van der Waals surface area (Å²) in [5, 5.41) is 5.98. The molecule has 0 aromatic heterocycles. The van der Waals surface area contributed by atoms with Crippen molar-refractivity contribution in [3.05, 3.63) is 0 Å². The second-order valence-electron chi connectivity index (χ2n) is 6.13. The molecule has 0 saturated carbocycles. The molecule has 1 heterocycles. The molecule has 0 bridgehead atoms. The quantitative estimate of drug-likeness (QED) is 0.780. The van der Waals surface area contributed by atoms with E-state index in [1.165, 1.54) is 0 Å². The Bertz CT molecular complexity index is 352. The van der Waals surface area contributed by atoms with Gasteiger partial charge in [-0.05, 0) is 47.7 Å². The summed E-state index contributed by atoms with van der Waals surface area (Å²) in [6.07, 6.45) is 1.15. The third kappa shape index (κ3) is 4.45. The van der Waals surface area contributed by atoms with Gasteiger partial charge in [0.25, 0.3) is 0 Å². The molecule has 1 saturated heterocycles. The molecule has 6 heteroatoms. The number of likely N-dealkylation sites (tertiary alicyclic amines) is 1. The van der Waals surface area contributed by atoms with Gasteiger partial charge in [0, 0.05) is 13.1 Å². The van der Waals surface area contributed by atoms with E-state index in [4.69, 9.17) is 4.74 Å². The second kappa shape index (κ2) is 7.04. The highest BCUT2D eigenvalue weighted by Gasteiger charge is 2.38. The Morgan fingerprint density at radius 2 is 2.00 bits per heavy atom. The van der Waals surface area contributed by atoms with Crippen LogP contribution >= 0.6 is 0 Å². The number of nitrogens with one attached hydrogen (secondary N) is 2. The van der Waals surface area contributed by atoms with Crippen LogP contribution in [0.5, 0.6) is 0 Å². The van der Waals surface area contributed by atoms with Crippen molar-refractivity contribution in [3.8, 4) is 0 Å². The van der Waals surface area contributed by atoms with Gasteiger partial charge in [0.1, 0.15) is 5.60 Å². The zero-order valence-corrected chi connectivity index (χ0v) is 13.2. The average Bonchev–Trinajstić information content (AvgIpc) is 2.82. The number of likely N-dealkylation sites (N-methyl/N-ethyl adjacent to an activating group) is 2. The van der Waals surface area contributed by atoms with Crippen LogP contribution in [0.3, 0.4) is 0 Å².